The summed E-state index contributed by atoms with van der Waals surface area (Å²) >= 11 is 0. The van der Waals surface area contributed by atoms with Gasteiger partial charge in [0.05, 0.1) is 6.54 Å². The van der Waals surface area contributed by atoms with E-state index in [2.05, 4.69) is 14.7 Å². The third-order valence-corrected chi connectivity index (χ3v) is 4.43. The van der Waals surface area contributed by atoms with Gasteiger partial charge in [-0.15, -0.1) is 5.06 Å². The number of hydroxylamine groups is 2. The van der Waals surface area contributed by atoms with Crippen molar-refractivity contribution >= 4 is 6.47 Å². The fourth-order valence-corrected chi connectivity index (χ4v) is 3.05. The number of hydrogen-bond acceptors (Lipinski definition) is 7. The zero-order valence-corrected chi connectivity index (χ0v) is 14.8. The molecule has 2 heterocycles. The Bertz CT molecular complexity index is 1010. The first-order valence-electron chi connectivity index (χ1n) is 8.54. The summed E-state index contributed by atoms with van der Waals surface area (Å²) in [6.45, 7) is 0.732. The standard InChI is InChI=1S/C19H14F3N3O4/c20-19(21,22)18-23-17(24-29-18)13-6-7-14-9-25(28-11-26)15(10-27-16(14)8-13)12-4-2-1-3-5-12/h1-8,11,15H,9-10H2/t15-/m1/s1. The molecule has 3 aromatic rings. The van der Waals surface area contributed by atoms with Gasteiger partial charge in [0.25, 0.3) is 0 Å². The van der Waals surface area contributed by atoms with Gasteiger partial charge in [-0.3, -0.25) is 4.79 Å². The van der Waals surface area contributed by atoms with Gasteiger partial charge in [-0.2, -0.15) is 18.2 Å². The summed E-state index contributed by atoms with van der Waals surface area (Å²) < 4.78 is 48.2. The van der Waals surface area contributed by atoms with Crippen LogP contribution in [0.15, 0.2) is 53.1 Å². The predicted octanol–water partition coefficient (Wildman–Crippen LogP) is 3.78. The lowest BCUT2D eigenvalue weighted by atomic mass is 10.1. The Morgan fingerprint density at radius 2 is 1.97 bits per heavy atom. The molecule has 0 amide bonds. The molecule has 10 heteroatoms. The topological polar surface area (TPSA) is 77.7 Å². The Morgan fingerprint density at radius 3 is 2.66 bits per heavy atom. The van der Waals surface area contributed by atoms with Crippen LogP contribution in [0.25, 0.3) is 11.4 Å². The van der Waals surface area contributed by atoms with Crippen molar-refractivity contribution in [1.82, 2.24) is 15.2 Å². The van der Waals surface area contributed by atoms with Gasteiger partial charge in [0.2, 0.25) is 5.82 Å². The second-order valence-corrected chi connectivity index (χ2v) is 6.26. The molecule has 7 nitrogen and oxygen atoms in total. The summed E-state index contributed by atoms with van der Waals surface area (Å²) in [5, 5.41) is 4.88. The molecule has 0 bridgehead atoms. The van der Waals surface area contributed by atoms with Crippen molar-refractivity contribution in [3.63, 3.8) is 0 Å². The quantitative estimate of drug-likeness (QED) is 0.612. The van der Waals surface area contributed by atoms with Gasteiger partial charge in [-0.05, 0) is 11.6 Å². The molecule has 0 saturated carbocycles. The molecule has 0 aliphatic carbocycles. The Kier molecular flexibility index (Phi) is 4.93. The zero-order chi connectivity index (χ0) is 20.4. The average molecular weight is 405 g/mol. The van der Waals surface area contributed by atoms with Crippen LogP contribution in [0, 0.1) is 0 Å². The Morgan fingerprint density at radius 1 is 1.17 bits per heavy atom. The van der Waals surface area contributed by atoms with Crippen LogP contribution >= 0.6 is 0 Å². The summed E-state index contributed by atoms with van der Waals surface area (Å²) in [5.74, 6) is -1.19. The van der Waals surface area contributed by atoms with E-state index in [1.165, 1.54) is 11.1 Å². The van der Waals surface area contributed by atoms with E-state index < -0.39 is 12.1 Å². The molecule has 2 aromatic carbocycles. The number of carbonyl (C=O) groups is 1. The van der Waals surface area contributed by atoms with Crippen LogP contribution in [0.3, 0.4) is 0 Å². The second-order valence-electron chi connectivity index (χ2n) is 6.26. The molecular weight excluding hydrogens is 391 g/mol. The van der Waals surface area contributed by atoms with Crippen LogP contribution in [0.5, 0.6) is 5.75 Å². The minimum Gasteiger partial charge on any atom is -0.491 e. The van der Waals surface area contributed by atoms with Gasteiger partial charge < -0.3 is 14.1 Å². The third-order valence-electron chi connectivity index (χ3n) is 4.43. The molecule has 29 heavy (non-hydrogen) atoms. The largest absolute Gasteiger partial charge is 0.491 e. The summed E-state index contributed by atoms with van der Waals surface area (Å²) in [5.41, 5.74) is 1.88. The predicted molar refractivity (Wildman–Crippen MR) is 92.1 cm³/mol. The molecule has 1 aliphatic rings. The summed E-state index contributed by atoms with van der Waals surface area (Å²) in [4.78, 5) is 19.5. The number of ether oxygens (including phenoxy) is 1. The minimum absolute atomic E-state index is 0.161. The van der Waals surface area contributed by atoms with Crippen LogP contribution < -0.4 is 4.74 Å². The van der Waals surface area contributed by atoms with Gasteiger partial charge in [-0.1, -0.05) is 47.6 Å². The van der Waals surface area contributed by atoms with Gasteiger partial charge in [0.1, 0.15) is 18.4 Å². The molecule has 1 atom stereocenters. The lowest BCUT2D eigenvalue weighted by molar-refractivity contribution is -0.192. The van der Waals surface area contributed by atoms with E-state index in [0.717, 1.165) is 5.56 Å². The first-order chi connectivity index (χ1) is 14.0. The molecule has 4 rings (SSSR count). The number of nitrogens with zero attached hydrogens (tertiary/aromatic N) is 3. The molecule has 0 fully saturated rings. The number of benzene rings is 2. The highest BCUT2D eigenvalue weighted by atomic mass is 19.4. The number of carbonyl (C=O) groups excluding carboxylic acids is 1. The molecule has 0 radical (unpaired) electrons. The molecule has 150 valence electrons. The normalized spacial score (nSPS) is 17.1. The van der Waals surface area contributed by atoms with E-state index in [1.54, 1.807) is 12.1 Å². The Balaban J connectivity index is 1.64. The third kappa shape index (κ3) is 3.92. The highest BCUT2D eigenvalue weighted by Crippen LogP contribution is 2.35. The van der Waals surface area contributed by atoms with Crippen molar-refractivity contribution in [3.05, 3.63) is 65.5 Å². The number of alkyl halides is 3. The number of aromatic nitrogens is 2. The summed E-state index contributed by atoms with van der Waals surface area (Å²) in [7, 11) is 0. The SMILES string of the molecule is O=CON1Cc2ccc(-c3noc(C(F)(F)F)n3)cc2OC[C@@H]1c1ccccc1. The van der Waals surface area contributed by atoms with E-state index in [4.69, 9.17) is 9.57 Å². The van der Waals surface area contributed by atoms with Gasteiger partial charge in [0, 0.05) is 11.1 Å². The Labute approximate surface area is 162 Å². The first kappa shape index (κ1) is 18.9. The fraction of sp³-hybridized carbons (Fsp3) is 0.211. The molecule has 0 unspecified atom stereocenters. The maximum absolute atomic E-state index is 12.7. The lowest BCUT2D eigenvalue weighted by Gasteiger charge is -2.25. The lowest BCUT2D eigenvalue weighted by Crippen LogP contribution is -2.30. The maximum Gasteiger partial charge on any atom is 0.471 e. The maximum atomic E-state index is 12.7. The molecule has 0 saturated heterocycles. The van der Waals surface area contributed by atoms with Crippen molar-refractivity contribution in [2.45, 2.75) is 18.8 Å². The minimum atomic E-state index is -4.72. The van der Waals surface area contributed by atoms with E-state index >= 15 is 0 Å². The highest BCUT2D eigenvalue weighted by molar-refractivity contribution is 5.59. The highest BCUT2D eigenvalue weighted by Gasteiger charge is 2.38. The molecule has 1 aliphatic heterocycles. The van der Waals surface area contributed by atoms with Gasteiger partial charge in [0.15, 0.2) is 0 Å². The molecule has 0 N–H and O–H groups in total. The van der Waals surface area contributed by atoms with Crippen LogP contribution in [0.4, 0.5) is 13.2 Å². The Hall–Kier alpha value is -3.40. The number of halogens is 3. The number of rotatable bonds is 4. The average Bonchev–Trinajstić information content (AvgIpc) is 3.14. The van der Waals surface area contributed by atoms with Crippen molar-refractivity contribution in [2.75, 3.05) is 6.61 Å². The number of fused-ring (bicyclic) bond motifs is 1. The van der Waals surface area contributed by atoms with Gasteiger partial charge >= 0.3 is 18.5 Å². The van der Waals surface area contributed by atoms with E-state index in [1.807, 2.05) is 30.3 Å². The molecular formula is C19H14F3N3O4. The monoisotopic (exact) mass is 405 g/mol. The van der Waals surface area contributed by atoms with Crippen LogP contribution in [0.2, 0.25) is 0 Å². The van der Waals surface area contributed by atoms with Crippen LogP contribution in [0.1, 0.15) is 23.1 Å². The smallest absolute Gasteiger partial charge is 0.471 e. The van der Waals surface area contributed by atoms with Gasteiger partial charge in [-0.25, -0.2) is 0 Å². The van der Waals surface area contributed by atoms with Crippen molar-refractivity contribution in [1.29, 1.82) is 0 Å². The fourth-order valence-electron chi connectivity index (χ4n) is 3.05. The zero-order valence-electron chi connectivity index (χ0n) is 14.8. The number of hydrogen-bond donors (Lipinski definition) is 0. The molecule has 1 aromatic heterocycles. The van der Waals surface area contributed by atoms with E-state index in [-0.39, 0.29) is 25.0 Å². The summed E-state index contributed by atoms with van der Waals surface area (Å²) in [6.07, 6.45) is -4.72. The van der Waals surface area contributed by atoms with Crippen LogP contribution in [-0.2, 0) is 22.4 Å². The van der Waals surface area contributed by atoms with Crippen LogP contribution in [-0.4, -0.2) is 28.3 Å². The van der Waals surface area contributed by atoms with Crippen molar-refractivity contribution in [3.8, 4) is 17.1 Å². The van der Waals surface area contributed by atoms with E-state index in [9.17, 15) is 18.0 Å². The second kappa shape index (κ2) is 7.55. The first-order valence-corrected chi connectivity index (χ1v) is 8.54. The summed E-state index contributed by atoms with van der Waals surface area (Å²) in [6, 6.07) is 13.7. The van der Waals surface area contributed by atoms with E-state index in [0.29, 0.717) is 23.3 Å². The molecule has 0 spiro atoms. The van der Waals surface area contributed by atoms with Crippen molar-refractivity contribution < 1.29 is 32.1 Å². The van der Waals surface area contributed by atoms with Crippen molar-refractivity contribution in [2.24, 2.45) is 0 Å².